The summed E-state index contributed by atoms with van der Waals surface area (Å²) < 4.78 is 87.4. The first-order valence-corrected chi connectivity index (χ1v) is 15.5. The van der Waals surface area contributed by atoms with Crippen LogP contribution in [0.2, 0.25) is 0 Å². The average Bonchev–Trinajstić information content (AvgIpc) is 3.68. The van der Waals surface area contributed by atoms with E-state index in [1.54, 1.807) is 33.4 Å². The smallest absolute Gasteiger partial charge is 0.416 e. The van der Waals surface area contributed by atoms with Crippen molar-refractivity contribution in [3.05, 3.63) is 52.8 Å². The van der Waals surface area contributed by atoms with Gasteiger partial charge in [0.2, 0.25) is 5.95 Å². The van der Waals surface area contributed by atoms with Gasteiger partial charge in [-0.15, -0.1) is 0 Å². The molecule has 0 saturated carbocycles. The van der Waals surface area contributed by atoms with Crippen molar-refractivity contribution in [3.63, 3.8) is 0 Å². The second-order valence-electron chi connectivity index (χ2n) is 12.2. The summed E-state index contributed by atoms with van der Waals surface area (Å²) >= 11 is 0. The molecule has 3 aliphatic heterocycles. The molecule has 47 heavy (non-hydrogen) atoms. The van der Waals surface area contributed by atoms with Crippen LogP contribution >= 0.6 is 0 Å². The minimum absolute atomic E-state index is 0.0864. The molecule has 0 unspecified atom stereocenters. The van der Waals surface area contributed by atoms with Gasteiger partial charge in [0.25, 0.3) is 0 Å². The monoisotopic (exact) mass is 669 g/mol. The number of methoxy groups -OCH3 is 1. The fourth-order valence-electron chi connectivity index (χ4n) is 6.55. The van der Waals surface area contributed by atoms with E-state index in [1.165, 1.54) is 12.0 Å². The summed E-state index contributed by atoms with van der Waals surface area (Å²) in [5, 5.41) is 5.97. The fraction of sp³-hybridized carbons (Fsp3) is 0.581. The van der Waals surface area contributed by atoms with E-state index >= 15 is 0 Å². The molecule has 0 aliphatic carbocycles. The summed E-state index contributed by atoms with van der Waals surface area (Å²) in [5.74, 6) is -0.500. The van der Waals surface area contributed by atoms with Crippen LogP contribution in [0.25, 0.3) is 0 Å². The number of rotatable bonds is 7. The van der Waals surface area contributed by atoms with Gasteiger partial charge >= 0.3 is 24.4 Å². The predicted molar refractivity (Wildman–Crippen MR) is 159 cm³/mol. The number of hydrogen-bond donors (Lipinski definition) is 0. The van der Waals surface area contributed by atoms with Crippen LogP contribution in [0.4, 0.5) is 37.1 Å². The highest BCUT2D eigenvalue weighted by Gasteiger charge is 2.43. The number of ether oxygens (including phenoxy) is 1. The Balaban J connectivity index is 1.49. The number of piperidine rings is 1. The Hall–Kier alpha value is -4.11. The molecule has 0 radical (unpaired) electrons. The molecule has 2 aromatic rings. The molecule has 1 aromatic heterocycles. The van der Waals surface area contributed by atoms with Crippen LogP contribution in [0.5, 0.6) is 0 Å². The molecule has 0 bridgehead atoms. The van der Waals surface area contributed by atoms with E-state index in [2.05, 4.69) is 15.1 Å². The topological polar surface area (TPSA) is 94.5 Å². The average molecular weight is 670 g/mol. The van der Waals surface area contributed by atoms with E-state index in [0.717, 1.165) is 12.0 Å². The molecule has 5 rings (SSSR count). The first-order valence-electron chi connectivity index (χ1n) is 15.5. The van der Waals surface area contributed by atoms with Crippen molar-refractivity contribution in [1.29, 1.82) is 0 Å². The quantitative estimate of drug-likeness (QED) is 0.283. The summed E-state index contributed by atoms with van der Waals surface area (Å²) in [6.45, 7) is 2.56. The van der Waals surface area contributed by atoms with Crippen molar-refractivity contribution in [2.24, 2.45) is 5.10 Å². The molecule has 16 heteroatoms. The van der Waals surface area contributed by atoms with Crippen molar-refractivity contribution in [2.75, 3.05) is 38.7 Å². The number of likely N-dealkylation sites (tertiary alicyclic amines) is 2. The lowest BCUT2D eigenvalue weighted by molar-refractivity contribution is -0.147. The zero-order valence-electron chi connectivity index (χ0n) is 26.3. The van der Waals surface area contributed by atoms with Crippen molar-refractivity contribution in [2.45, 2.75) is 82.0 Å². The lowest BCUT2D eigenvalue weighted by Gasteiger charge is -2.38. The van der Waals surface area contributed by atoms with Crippen LogP contribution in [-0.4, -0.2) is 94.9 Å². The van der Waals surface area contributed by atoms with Crippen molar-refractivity contribution < 1.29 is 40.7 Å². The lowest BCUT2D eigenvalue weighted by atomic mass is 10.0. The molecular weight excluding hydrogens is 632 g/mol. The number of benzene rings is 1. The molecule has 0 N–H and O–H groups in total. The highest BCUT2D eigenvalue weighted by Crippen LogP contribution is 2.38. The van der Waals surface area contributed by atoms with Gasteiger partial charge in [0.1, 0.15) is 6.04 Å². The highest BCUT2D eigenvalue weighted by molar-refractivity contribution is 5.84. The maximum Gasteiger partial charge on any atom is 0.416 e. The maximum atomic E-state index is 13.9. The van der Waals surface area contributed by atoms with E-state index < -0.39 is 41.5 Å². The van der Waals surface area contributed by atoms with Crippen molar-refractivity contribution in [3.8, 4) is 0 Å². The number of hydrogen-bond acceptors (Lipinski definition) is 8. The number of hydrazone groups is 1. The molecule has 3 aliphatic rings. The van der Waals surface area contributed by atoms with Crippen LogP contribution < -0.4 is 4.90 Å². The number of carbonyl (C=O) groups is 2. The molecule has 256 valence electrons. The Kier molecular flexibility index (Phi) is 9.87. The van der Waals surface area contributed by atoms with Crippen LogP contribution in [0.3, 0.4) is 0 Å². The maximum absolute atomic E-state index is 13.9. The number of likely N-dealkylation sites (N-methyl/N-ethyl adjacent to an activating group) is 1. The van der Waals surface area contributed by atoms with Gasteiger partial charge in [-0.3, -0.25) is 5.01 Å². The first kappa shape index (κ1) is 34.2. The molecule has 4 atom stereocenters. The Labute approximate surface area is 268 Å². The summed E-state index contributed by atoms with van der Waals surface area (Å²) in [4.78, 5) is 40.1. The molecule has 4 heterocycles. The normalized spacial score (nSPS) is 23.4. The lowest BCUT2D eigenvalue weighted by Crippen LogP contribution is -2.54. The van der Waals surface area contributed by atoms with Gasteiger partial charge in [-0.05, 0) is 61.4 Å². The van der Waals surface area contributed by atoms with E-state index in [9.17, 15) is 35.9 Å². The minimum atomic E-state index is -5.01. The summed E-state index contributed by atoms with van der Waals surface area (Å²) in [5.41, 5.74) is -2.33. The van der Waals surface area contributed by atoms with Crippen LogP contribution in [0.15, 0.2) is 35.7 Å². The third-order valence-corrected chi connectivity index (χ3v) is 9.02. The third-order valence-electron chi connectivity index (χ3n) is 9.02. The number of carbonyl (C=O) groups excluding carboxylic acids is 2. The number of aromatic nitrogens is 2. The van der Waals surface area contributed by atoms with Gasteiger partial charge in [-0.2, -0.15) is 31.4 Å². The molecule has 1 aromatic carbocycles. The van der Waals surface area contributed by atoms with E-state index in [-0.39, 0.29) is 48.7 Å². The Bertz CT molecular complexity index is 1440. The minimum Gasteiger partial charge on any atom is -0.467 e. The largest absolute Gasteiger partial charge is 0.467 e. The fourth-order valence-corrected chi connectivity index (χ4v) is 6.55. The SMILES string of the molecule is CC[C@@H]1C[C@H](N(Cc2cc(C(F)(F)F)cc(C(F)(F)F)c2)c2ncc([C@@H]3C=NN(C)C3)cn2)CN1C(=O)N1CCCC[C@H]1C(=O)OC. The second-order valence-corrected chi connectivity index (χ2v) is 12.2. The van der Waals surface area contributed by atoms with Crippen LogP contribution in [-0.2, 0) is 28.4 Å². The van der Waals surface area contributed by atoms with Crippen molar-refractivity contribution in [1.82, 2.24) is 24.8 Å². The third kappa shape index (κ3) is 7.56. The zero-order chi connectivity index (χ0) is 34.1. The summed E-state index contributed by atoms with van der Waals surface area (Å²) in [6.07, 6.45) is -2.33. The highest BCUT2D eigenvalue weighted by atomic mass is 19.4. The van der Waals surface area contributed by atoms with Crippen LogP contribution in [0.1, 0.15) is 67.2 Å². The molecule has 0 spiro atoms. The predicted octanol–water partition coefficient (Wildman–Crippen LogP) is 5.54. The molecule has 2 amide bonds. The standard InChI is InChI=1S/C31H37F6N7O3/c1-4-24-12-25(18-44(24)29(46)42-8-6-5-7-26(42)27(45)47-3)43(28-38-13-20(14-39-28)21-15-40-41(2)17-21)16-19-9-22(30(32,33)34)11-23(10-19)31(35,36)37/h9-11,13-15,21,24-26H,4-8,12,16-18H2,1-3H3/t21-,24-,25+,26+/m1/s1. The van der Waals surface area contributed by atoms with E-state index in [0.29, 0.717) is 50.9 Å². The molecular formula is C31H37F6N7O3. The second kappa shape index (κ2) is 13.6. The van der Waals surface area contributed by atoms with Gasteiger partial charge in [0, 0.05) is 63.8 Å². The van der Waals surface area contributed by atoms with Gasteiger partial charge in [-0.1, -0.05) is 6.92 Å². The molecule has 2 fully saturated rings. The van der Waals surface area contributed by atoms with Gasteiger partial charge in [0.05, 0.1) is 24.3 Å². The van der Waals surface area contributed by atoms with Crippen LogP contribution in [0, 0.1) is 0 Å². The first-order chi connectivity index (χ1) is 22.2. The van der Waals surface area contributed by atoms with E-state index in [1.807, 2.05) is 14.0 Å². The number of nitrogens with zero attached hydrogens (tertiary/aromatic N) is 7. The number of anilines is 1. The van der Waals surface area contributed by atoms with Gasteiger partial charge in [0.15, 0.2) is 0 Å². The molecule has 2 saturated heterocycles. The number of amides is 2. The Morgan fingerprint density at radius 3 is 2.19 bits per heavy atom. The molecule has 10 nitrogen and oxygen atoms in total. The van der Waals surface area contributed by atoms with Gasteiger partial charge in [-0.25, -0.2) is 19.6 Å². The Morgan fingerprint density at radius 2 is 1.64 bits per heavy atom. The Morgan fingerprint density at radius 1 is 0.979 bits per heavy atom. The number of alkyl halides is 6. The number of urea groups is 1. The summed E-state index contributed by atoms with van der Waals surface area (Å²) in [7, 11) is 3.07. The summed E-state index contributed by atoms with van der Waals surface area (Å²) in [6, 6.07) is -0.483. The number of halogens is 6. The van der Waals surface area contributed by atoms with E-state index in [4.69, 9.17) is 4.74 Å². The van der Waals surface area contributed by atoms with Gasteiger partial charge < -0.3 is 19.4 Å². The zero-order valence-corrected chi connectivity index (χ0v) is 26.3. The van der Waals surface area contributed by atoms with Crippen molar-refractivity contribution >= 4 is 24.2 Å². The number of esters is 1.